The van der Waals surface area contributed by atoms with Crippen molar-refractivity contribution in [1.29, 1.82) is 0 Å². The van der Waals surface area contributed by atoms with Crippen molar-refractivity contribution >= 4 is 33.7 Å². The van der Waals surface area contributed by atoms with Gasteiger partial charge in [-0.15, -0.1) is 0 Å². The van der Waals surface area contributed by atoms with Crippen LogP contribution in [0.4, 0.5) is 10.2 Å². The highest BCUT2D eigenvalue weighted by molar-refractivity contribution is 6.09. The lowest BCUT2D eigenvalue weighted by Gasteiger charge is -2.29. The number of nitrogens with two attached hydrogens (primary N) is 1. The molecule has 2 aromatic carbocycles. The van der Waals surface area contributed by atoms with Crippen molar-refractivity contribution < 1.29 is 9.18 Å². The fraction of sp³-hybridized carbons (Fsp3) is 0.0769. The first-order valence-electron chi connectivity index (χ1n) is 10.8. The molecular formula is C26H19FN6O. The number of pyridine rings is 1. The number of rotatable bonds is 3. The molecule has 1 unspecified atom stereocenters. The van der Waals surface area contributed by atoms with Gasteiger partial charge in [0.2, 0.25) is 5.91 Å². The summed E-state index contributed by atoms with van der Waals surface area (Å²) in [4.78, 5) is 25.6. The summed E-state index contributed by atoms with van der Waals surface area (Å²) in [6.07, 6.45) is 4.43. The lowest BCUT2D eigenvalue weighted by Crippen LogP contribution is -2.33. The Bertz CT molecular complexity index is 1640. The Hall–Kier alpha value is -4.59. The van der Waals surface area contributed by atoms with Crippen LogP contribution < -0.4 is 11.1 Å². The Balaban J connectivity index is 1.69. The molecule has 7 nitrogen and oxygen atoms in total. The van der Waals surface area contributed by atoms with Crippen molar-refractivity contribution in [2.24, 2.45) is 0 Å². The predicted octanol–water partition coefficient (Wildman–Crippen LogP) is 4.39. The second-order valence-electron chi connectivity index (χ2n) is 8.21. The average Bonchev–Trinajstić information content (AvgIpc) is 3.19. The minimum atomic E-state index is -0.474. The van der Waals surface area contributed by atoms with Crippen LogP contribution >= 0.6 is 0 Å². The number of nitrogens with one attached hydrogen (secondary N) is 1. The third kappa shape index (κ3) is 2.96. The molecule has 0 fully saturated rings. The van der Waals surface area contributed by atoms with Gasteiger partial charge in [0.05, 0.1) is 22.6 Å². The van der Waals surface area contributed by atoms with E-state index < -0.39 is 6.04 Å². The number of carbonyl (C=O) groups is 1. The van der Waals surface area contributed by atoms with E-state index in [9.17, 15) is 9.18 Å². The zero-order valence-corrected chi connectivity index (χ0v) is 18.0. The molecule has 3 aromatic heterocycles. The molecule has 1 aliphatic heterocycles. The predicted molar refractivity (Wildman–Crippen MR) is 129 cm³/mol. The molecule has 1 amide bonds. The Kier molecular flexibility index (Phi) is 4.41. The van der Waals surface area contributed by atoms with Gasteiger partial charge in [-0.1, -0.05) is 24.8 Å². The van der Waals surface area contributed by atoms with Crippen LogP contribution in [0.5, 0.6) is 0 Å². The summed E-state index contributed by atoms with van der Waals surface area (Å²) in [5.74, 6) is -0.381. The molecule has 6 rings (SSSR count). The largest absolute Gasteiger partial charge is 0.383 e. The van der Waals surface area contributed by atoms with Crippen LogP contribution in [0.25, 0.3) is 44.3 Å². The Morgan fingerprint density at radius 2 is 2.03 bits per heavy atom. The van der Waals surface area contributed by atoms with E-state index in [1.807, 2.05) is 28.8 Å². The summed E-state index contributed by atoms with van der Waals surface area (Å²) in [6.45, 7) is 3.88. The van der Waals surface area contributed by atoms with Crippen LogP contribution in [0, 0.1) is 5.82 Å². The minimum Gasteiger partial charge on any atom is -0.383 e. The lowest BCUT2D eigenvalue weighted by atomic mass is 9.90. The van der Waals surface area contributed by atoms with Gasteiger partial charge in [-0.2, -0.15) is 0 Å². The normalized spacial score (nSPS) is 14.6. The van der Waals surface area contributed by atoms with E-state index in [0.717, 1.165) is 33.3 Å². The lowest BCUT2D eigenvalue weighted by molar-refractivity contribution is -0.117. The van der Waals surface area contributed by atoms with Crippen LogP contribution in [0.15, 0.2) is 73.7 Å². The first-order valence-corrected chi connectivity index (χ1v) is 10.8. The number of nitrogen functional groups attached to an aromatic ring is 1. The second-order valence-corrected chi connectivity index (χ2v) is 8.21. The second kappa shape index (κ2) is 7.48. The first kappa shape index (κ1) is 20.0. The third-order valence-electron chi connectivity index (χ3n) is 6.26. The van der Waals surface area contributed by atoms with Crippen LogP contribution in [0.1, 0.15) is 11.6 Å². The molecule has 0 radical (unpaired) electrons. The van der Waals surface area contributed by atoms with Gasteiger partial charge < -0.3 is 15.6 Å². The van der Waals surface area contributed by atoms with E-state index in [1.54, 1.807) is 12.3 Å². The van der Waals surface area contributed by atoms with Gasteiger partial charge in [0.1, 0.15) is 23.6 Å². The van der Waals surface area contributed by atoms with Crippen molar-refractivity contribution in [1.82, 2.24) is 24.8 Å². The molecular weight excluding hydrogens is 431 g/mol. The maximum atomic E-state index is 14.3. The number of amides is 1. The van der Waals surface area contributed by atoms with E-state index in [4.69, 9.17) is 5.73 Å². The first-order chi connectivity index (χ1) is 16.5. The van der Waals surface area contributed by atoms with E-state index in [2.05, 4.69) is 32.9 Å². The fourth-order valence-corrected chi connectivity index (χ4v) is 4.81. The summed E-state index contributed by atoms with van der Waals surface area (Å²) in [6, 6.07) is 14.0. The summed E-state index contributed by atoms with van der Waals surface area (Å²) < 4.78 is 16.3. The van der Waals surface area contributed by atoms with Crippen LogP contribution in [-0.4, -0.2) is 25.4 Å². The SMILES string of the molecule is C=CC(=O)NC1Cn2c(c(-c3cnc4ccccc4c3)c3c(N)ncnc32)-c2ccc(F)cc21. The molecule has 8 heteroatoms. The van der Waals surface area contributed by atoms with Gasteiger partial charge in [0, 0.05) is 34.8 Å². The Labute approximate surface area is 193 Å². The highest BCUT2D eigenvalue weighted by Gasteiger charge is 2.32. The van der Waals surface area contributed by atoms with Gasteiger partial charge in [-0.25, -0.2) is 14.4 Å². The van der Waals surface area contributed by atoms with Gasteiger partial charge in [-0.3, -0.25) is 9.78 Å². The maximum Gasteiger partial charge on any atom is 0.243 e. The molecule has 0 spiro atoms. The minimum absolute atomic E-state index is 0.338. The van der Waals surface area contributed by atoms with E-state index in [0.29, 0.717) is 29.0 Å². The molecule has 166 valence electrons. The van der Waals surface area contributed by atoms with Crippen molar-refractivity contribution in [3.8, 4) is 22.4 Å². The van der Waals surface area contributed by atoms with Crippen molar-refractivity contribution in [2.45, 2.75) is 12.6 Å². The third-order valence-corrected chi connectivity index (χ3v) is 6.26. The Morgan fingerprint density at radius 3 is 2.88 bits per heavy atom. The number of hydrogen-bond donors (Lipinski definition) is 2. The molecule has 0 saturated carbocycles. The van der Waals surface area contributed by atoms with Gasteiger partial charge in [0.25, 0.3) is 0 Å². The van der Waals surface area contributed by atoms with Crippen molar-refractivity contribution in [3.05, 3.63) is 85.1 Å². The van der Waals surface area contributed by atoms with Crippen LogP contribution in [0.3, 0.4) is 0 Å². The number of nitrogens with zero attached hydrogens (tertiary/aromatic N) is 4. The summed E-state index contributed by atoms with van der Waals surface area (Å²) >= 11 is 0. The monoisotopic (exact) mass is 450 g/mol. The highest BCUT2D eigenvalue weighted by atomic mass is 19.1. The van der Waals surface area contributed by atoms with E-state index in [1.165, 1.54) is 24.5 Å². The molecule has 0 aliphatic carbocycles. The van der Waals surface area contributed by atoms with E-state index in [-0.39, 0.29) is 11.7 Å². The molecule has 3 N–H and O–H groups in total. The smallest absolute Gasteiger partial charge is 0.243 e. The summed E-state index contributed by atoms with van der Waals surface area (Å²) in [5.41, 5.74) is 11.8. The fourth-order valence-electron chi connectivity index (χ4n) is 4.81. The van der Waals surface area contributed by atoms with Crippen LogP contribution in [0.2, 0.25) is 0 Å². The standard InChI is InChI=1S/C26H19FN6O/c1-2-21(34)32-20-12-33-24(17-8-7-16(27)10-18(17)20)22(23-25(28)30-13-31-26(23)33)15-9-14-5-3-4-6-19(14)29-11-15/h2-11,13,20H,1,12H2,(H,32,34)(H2,28,30,31). The molecule has 5 aromatic rings. The molecule has 0 saturated heterocycles. The number of halogens is 1. The number of anilines is 1. The number of hydrogen-bond acceptors (Lipinski definition) is 5. The van der Waals surface area contributed by atoms with Crippen molar-refractivity contribution in [2.75, 3.05) is 5.73 Å². The van der Waals surface area contributed by atoms with E-state index >= 15 is 0 Å². The van der Waals surface area contributed by atoms with Crippen molar-refractivity contribution in [3.63, 3.8) is 0 Å². The molecule has 0 bridgehead atoms. The zero-order valence-electron chi connectivity index (χ0n) is 18.0. The number of fused-ring (bicyclic) bond motifs is 6. The summed E-state index contributed by atoms with van der Waals surface area (Å²) in [5, 5.41) is 4.59. The Morgan fingerprint density at radius 1 is 1.18 bits per heavy atom. The topological polar surface area (TPSA) is 98.7 Å². The highest BCUT2D eigenvalue weighted by Crippen LogP contribution is 2.47. The van der Waals surface area contributed by atoms with Gasteiger partial charge >= 0.3 is 0 Å². The zero-order chi connectivity index (χ0) is 23.4. The molecule has 34 heavy (non-hydrogen) atoms. The molecule has 1 aliphatic rings. The number of aromatic nitrogens is 4. The molecule has 1 atom stereocenters. The maximum absolute atomic E-state index is 14.3. The number of para-hydroxylation sites is 1. The molecule has 4 heterocycles. The quantitative estimate of drug-likeness (QED) is 0.397. The number of benzene rings is 2. The van der Waals surface area contributed by atoms with Gasteiger partial charge in [0.15, 0.2) is 0 Å². The number of carbonyl (C=O) groups excluding carboxylic acids is 1. The summed E-state index contributed by atoms with van der Waals surface area (Å²) in [7, 11) is 0. The van der Waals surface area contributed by atoms with Crippen LogP contribution in [-0.2, 0) is 11.3 Å². The average molecular weight is 450 g/mol. The van der Waals surface area contributed by atoms with Gasteiger partial charge in [-0.05, 0) is 42.0 Å².